The molecule has 0 saturated heterocycles. The largest absolute Gasteiger partial charge is 0.454 e. The number of hydrogen-bond acceptors (Lipinski definition) is 8. The Morgan fingerprint density at radius 3 is 1.06 bits per heavy atom. The van der Waals surface area contributed by atoms with E-state index in [9.17, 15) is 0 Å². The predicted octanol–water partition coefficient (Wildman–Crippen LogP) is 23.1. The summed E-state index contributed by atoms with van der Waals surface area (Å²) in [6, 6.07) is 117. The van der Waals surface area contributed by atoms with Crippen LogP contribution in [-0.4, -0.2) is 39.0 Å². The van der Waals surface area contributed by atoms with E-state index in [0.29, 0.717) is 35.2 Å². The summed E-state index contributed by atoms with van der Waals surface area (Å²) in [6.07, 6.45) is 0. The van der Waals surface area contributed by atoms with Gasteiger partial charge in [-0.15, -0.1) is 0 Å². The highest BCUT2D eigenvalue weighted by molar-refractivity contribution is 6.25. The van der Waals surface area contributed by atoms with E-state index in [4.69, 9.17) is 38.7 Å². The first kappa shape index (κ1) is 57.7. The van der Waals surface area contributed by atoms with Gasteiger partial charge < -0.3 is 8.83 Å². The number of para-hydroxylation sites is 2. The molecule has 0 aliphatic carbocycles. The number of fused-ring (bicyclic) bond motifs is 14. The van der Waals surface area contributed by atoms with Crippen LogP contribution in [0.5, 0.6) is 0 Å². The molecule has 0 aliphatic rings. The first-order chi connectivity index (χ1) is 49.6. The van der Waals surface area contributed by atoms with Crippen molar-refractivity contribution in [3.05, 3.63) is 340 Å². The molecule has 0 radical (unpaired) electrons. The van der Waals surface area contributed by atoms with Crippen LogP contribution in [0.4, 0.5) is 0 Å². The molecule has 0 bridgehead atoms. The van der Waals surface area contributed by atoms with Crippen molar-refractivity contribution in [2.24, 2.45) is 0 Å². The van der Waals surface area contributed by atoms with Crippen LogP contribution in [0.1, 0.15) is 0 Å². The van der Waals surface area contributed by atoms with Crippen molar-refractivity contribution in [2.75, 3.05) is 0 Å². The monoisotopic (exact) mass is 1280 g/mol. The fourth-order valence-electron chi connectivity index (χ4n) is 14.3. The maximum absolute atomic E-state index is 6.71. The molecule has 0 unspecified atom stereocenters. The van der Waals surface area contributed by atoms with Gasteiger partial charge in [0.2, 0.25) is 11.9 Å². The van der Waals surface area contributed by atoms with Crippen molar-refractivity contribution in [1.82, 2.24) is 39.0 Å². The summed E-state index contributed by atoms with van der Waals surface area (Å²) < 4.78 is 17.7. The molecule has 0 aliphatic heterocycles. The molecule has 20 aromatic rings. The van der Waals surface area contributed by atoms with Gasteiger partial charge >= 0.3 is 0 Å². The van der Waals surface area contributed by atoms with E-state index >= 15 is 0 Å². The average Bonchev–Trinajstić information content (AvgIpc) is 1.56. The van der Waals surface area contributed by atoms with Gasteiger partial charge in [0, 0.05) is 65.3 Å². The van der Waals surface area contributed by atoms with Gasteiger partial charge in [0.25, 0.3) is 0 Å². The van der Waals surface area contributed by atoms with Gasteiger partial charge in [-0.25, -0.2) is 9.97 Å². The van der Waals surface area contributed by atoms with Gasteiger partial charge in [0.15, 0.2) is 34.5 Å². The Morgan fingerprint density at radius 2 is 0.570 bits per heavy atom. The molecule has 100 heavy (non-hydrogen) atoms. The van der Waals surface area contributed by atoms with Crippen molar-refractivity contribution >= 4 is 87.5 Å². The van der Waals surface area contributed by atoms with E-state index in [2.05, 4.69) is 246 Å². The van der Waals surface area contributed by atoms with Crippen LogP contribution in [0.2, 0.25) is 0 Å². The topological polar surface area (TPSA) is 113 Å². The lowest BCUT2D eigenvalue weighted by Crippen LogP contribution is -2.06. The minimum absolute atomic E-state index is 0.525. The number of furan rings is 2. The second-order valence-corrected chi connectivity index (χ2v) is 24.9. The van der Waals surface area contributed by atoms with Crippen molar-refractivity contribution in [3.63, 3.8) is 0 Å². The molecule has 20 rings (SSSR count). The molecule has 14 aromatic carbocycles. The fourth-order valence-corrected chi connectivity index (χ4v) is 14.3. The first-order valence-electron chi connectivity index (χ1n) is 33.4. The van der Waals surface area contributed by atoms with E-state index in [1.165, 1.54) is 0 Å². The molecule has 10 nitrogen and oxygen atoms in total. The number of aromatic nitrogens is 8. The summed E-state index contributed by atoms with van der Waals surface area (Å²) in [5, 5.41) is 8.59. The normalized spacial score (nSPS) is 11.6. The van der Waals surface area contributed by atoms with Crippen molar-refractivity contribution < 1.29 is 8.83 Å². The molecule has 0 N–H and O–H groups in total. The lowest BCUT2D eigenvalue weighted by Gasteiger charge is -2.12. The quantitative estimate of drug-likeness (QED) is 0.133. The van der Waals surface area contributed by atoms with E-state index in [1.807, 2.05) is 103 Å². The number of rotatable bonds is 10. The third-order valence-corrected chi connectivity index (χ3v) is 18.9. The average molecular weight is 1280 g/mol. The third kappa shape index (κ3) is 10.0. The van der Waals surface area contributed by atoms with Crippen LogP contribution in [-0.2, 0) is 0 Å². The van der Waals surface area contributed by atoms with E-state index < -0.39 is 0 Å². The molecule has 0 saturated carbocycles. The van der Waals surface area contributed by atoms with Gasteiger partial charge in [-0.3, -0.25) is 9.13 Å². The SMILES string of the molecule is c1ccc(-c2cccc(-c3nc(-c4ccccc4)nc(-n4c5ccc(-c6ccccc6)cc5c5ccc6c7ccccc7oc6c54)n3)c2)cc1.c1ccc(-c2cccc(-c3nc(-c4ccccc4)nc(-n4c5cccc(-c6ccccc6)c5c5ccc6c7ccccc7oc6c54)n3)c2)cc1. The summed E-state index contributed by atoms with van der Waals surface area (Å²) in [5.74, 6) is 3.44. The van der Waals surface area contributed by atoms with Gasteiger partial charge in [0.1, 0.15) is 22.2 Å². The zero-order valence-electron chi connectivity index (χ0n) is 53.7. The zero-order chi connectivity index (χ0) is 66.0. The summed E-state index contributed by atoms with van der Waals surface area (Å²) in [4.78, 5) is 31.1. The maximum atomic E-state index is 6.71. The molecule has 468 valence electrons. The molecule has 0 amide bonds. The highest BCUT2D eigenvalue weighted by Crippen LogP contribution is 2.45. The Hall–Kier alpha value is -13.7. The molecule has 10 heteroatoms. The number of hydrogen-bond donors (Lipinski definition) is 0. The molecule has 0 spiro atoms. The molecule has 6 aromatic heterocycles. The van der Waals surface area contributed by atoms with Crippen molar-refractivity contribution in [3.8, 4) is 102 Å². The van der Waals surface area contributed by atoms with Crippen LogP contribution in [0.15, 0.2) is 349 Å². The van der Waals surface area contributed by atoms with Crippen LogP contribution in [0.25, 0.3) is 189 Å². The number of benzene rings is 14. The highest BCUT2D eigenvalue weighted by Gasteiger charge is 2.26. The highest BCUT2D eigenvalue weighted by atomic mass is 16.3. The fraction of sp³-hybridized carbons (Fsp3) is 0. The molecular weight excluding hydrogens is 1230 g/mol. The second-order valence-electron chi connectivity index (χ2n) is 24.9. The smallest absolute Gasteiger partial charge is 0.238 e. The van der Waals surface area contributed by atoms with Crippen LogP contribution < -0.4 is 0 Å². The van der Waals surface area contributed by atoms with Gasteiger partial charge in [0.05, 0.1) is 11.0 Å². The molecular formula is C90H56N8O2. The first-order valence-corrected chi connectivity index (χ1v) is 33.4. The van der Waals surface area contributed by atoms with E-state index in [-0.39, 0.29) is 0 Å². The van der Waals surface area contributed by atoms with Crippen molar-refractivity contribution in [2.45, 2.75) is 0 Å². The minimum atomic E-state index is 0.525. The van der Waals surface area contributed by atoms with Crippen LogP contribution >= 0.6 is 0 Å². The Kier molecular flexibility index (Phi) is 14.0. The summed E-state index contributed by atoms with van der Waals surface area (Å²) in [7, 11) is 0. The zero-order valence-corrected chi connectivity index (χ0v) is 53.7. The Labute approximate surface area is 573 Å². The lowest BCUT2D eigenvalue weighted by atomic mass is 9.99. The van der Waals surface area contributed by atoms with Crippen LogP contribution in [0.3, 0.4) is 0 Å². The second kappa shape index (κ2) is 24.2. The maximum Gasteiger partial charge on any atom is 0.238 e. The lowest BCUT2D eigenvalue weighted by molar-refractivity contribution is 0.670. The minimum Gasteiger partial charge on any atom is -0.454 e. The Balaban J connectivity index is 0.000000139. The Bertz CT molecular complexity index is 6510. The van der Waals surface area contributed by atoms with Crippen molar-refractivity contribution in [1.29, 1.82) is 0 Å². The predicted molar refractivity (Wildman–Crippen MR) is 406 cm³/mol. The molecule has 6 heterocycles. The summed E-state index contributed by atoms with van der Waals surface area (Å²) in [5.41, 5.74) is 19.8. The van der Waals surface area contributed by atoms with Crippen LogP contribution in [0, 0.1) is 0 Å². The molecule has 0 atom stereocenters. The third-order valence-electron chi connectivity index (χ3n) is 18.9. The summed E-state index contributed by atoms with van der Waals surface area (Å²) >= 11 is 0. The van der Waals surface area contributed by atoms with E-state index in [0.717, 1.165) is 154 Å². The summed E-state index contributed by atoms with van der Waals surface area (Å²) in [6.45, 7) is 0. The molecule has 0 fully saturated rings. The Morgan fingerprint density at radius 1 is 0.210 bits per heavy atom. The van der Waals surface area contributed by atoms with E-state index in [1.54, 1.807) is 0 Å². The van der Waals surface area contributed by atoms with Gasteiger partial charge in [-0.1, -0.05) is 285 Å². The van der Waals surface area contributed by atoms with Gasteiger partial charge in [-0.05, 0) is 99.1 Å². The number of nitrogens with zero attached hydrogens (tertiary/aromatic N) is 8. The standard InChI is InChI=1S/2C45H28N4O/c1-4-14-29(15-5-1)32-20-12-21-33(28-32)44-46-43(31-18-8-3-9-19-31)47-45(48-44)49-38-24-13-23-34(30-16-6-2-7-17-30)40(38)37-27-26-36-35-22-10-11-25-39(35)50-42(36)41(37)49;1-4-13-29(14-5-1)32-19-12-20-34(27-32)44-46-43(31-17-8-3-9-18-31)47-45(48-44)49-39-26-23-33(30-15-6-2-7-16-30)28-38(39)36-24-25-37-35-21-10-11-22-40(35)50-42(37)41(36)49/h2*1-28H. The van der Waals surface area contributed by atoms with Gasteiger partial charge in [-0.2, -0.15) is 19.9 Å².